The Bertz CT molecular complexity index is 413. The molecule has 2 N–H and O–H groups in total. The first-order valence-electron chi connectivity index (χ1n) is 6.28. The van der Waals surface area contributed by atoms with Gasteiger partial charge in [0.1, 0.15) is 5.75 Å². The summed E-state index contributed by atoms with van der Waals surface area (Å²) >= 11 is 0. The Kier molecular flexibility index (Phi) is 4.33. The van der Waals surface area contributed by atoms with E-state index >= 15 is 0 Å². The molecule has 98 valence electrons. The lowest BCUT2D eigenvalue weighted by Crippen LogP contribution is -2.27. The second-order valence-electron chi connectivity index (χ2n) is 4.64. The largest absolute Gasteiger partial charge is 0.427 e. The number of hydrogen-bond acceptors (Lipinski definition) is 4. The maximum atomic E-state index is 10.9. The van der Waals surface area contributed by atoms with E-state index in [1.165, 1.54) is 6.92 Å². The molecule has 1 aromatic rings. The van der Waals surface area contributed by atoms with Crippen molar-refractivity contribution in [1.29, 1.82) is 0 Å². The summed E-state index contributed by atoms with van der Waals surface area (Å²) in [6, 6.07) is 7.44. The summed E-state index contributed by atoms with van der Waals surface area (Å²) in [5.74, 6) is 0.681. The minimum Gasteiger partial charge on any atom is -0.427 e. The van der Waals surface area contributed by atoms with Gasteiger partial charge in [-0.25, -0.2) is 0 Å². The molecule has 0 saturated carbocycles. The number of carbonyl (C=O) groups excluding carboxylic acids is 1. The highest BCUT2D eigenvalue weighted by molar-refractivity contribution is 5.69. The van der Waals surface area contributed by atoms with Crippen molar-refractivity contribution in [1.82, 2.24) is 0 Å². The van der Waals surface area contributed by atoms with Crippen LogP contribution in [0.2, 0.25) is 0 Å². The second kappa shape index (κ2) is 5.98. The van der Waals surface area contributed by atoms with Crippen molar-refractivity contribution in [2.45, 2.75) is 25.8 Å². The average Bonchev–Trinajstić information content (AvgIpc) is 2.38. The molecule has 1 aliphatic rings. The molecule has 1 heterocycles. The highest BCUT2D eigenvalue weighted by atomic mass is 16.5. The number of rotatable bonds is 3. The smallest absolute Gasteiger partial charge is 0.308 e. The fourth-order valence-electron chi connectivity index (χ4n) is 2.30. The summed E-state index contributed by atoms with van der Waals surface area (Å²) in [6.45, 7) is 2.95. The Morgan fingerprint density at radius 1 is 1.44 bits per heavy atom. The molecule has 0 radical (unpaired) electrons. The summed E-state index contributed by atoms with van der Waals surface area (Å²) in [5.41, 5.74) is 7.29. The van der Waals surface area contributed by atoms with Crippen LogP contribution in [0.4, 0.5) is 0 Å². The average molecular weight is 249 g/mol. The minimum atomic E-state index is -0.313. The predicted octanol–water partition coefficient (Wildman–Crippen LogP) is 2.04. The third-order valence-electron chi connectivity index (χ3n) is 3.28. The predicted molar refractivity (Wildman–Crippen MR) is 68.2 cm³/mol. The lowest BCUT2D eigenvalue weighted by Gasteiger charge is -2.28. The highest BCUT2D eigenvalue weighted by Crippen LogP contribution is 2.29. The SMILES string of the molecule is CC(=O)Oc1cccc([C@H](N)C2CCOCC2)c1. The Morgan fingerprint density at radius 2 is 2.17 bits per heavy atom. The van der Waals surface area contributed by atoms with Crippen LogP contribution in [-0.2, 0) is 9.53 Å². The van der Waals surface area contributed by atoms with Gasteiger partial charge in [-0.15, -0.1) is 0 Å². The van der Waals surface area contributed by atoms with Crippen molar-refractivity contribution in [2.75, 3.05) is 13.2 Å². The van der Waals surface area contributed by atoms with Crippen LogP contribution in [0.1, 0.15) is 31.4 Å². The number of hydrogen-bond donors (Lipinski definition) is 1. The molecule has 18 heavy (non-hydrogen) atoms. The molecule has 1 aromatic carbocycles. The Labute approximate surface area is 107 Å². The standard InChI is InChI=1S/C14H19NO3/c1-10(16)18-13-4-2-3-12(9-13)14(15)11-5-7-17-8-6-11/h2-4,9,11,14H,5-8,15H2,1H3/t14-/m1/s1. The van der Waals surface area contributed by atoms with Crippen LogP contribution in [-0.4, -0.2) is 19.2 Å². The first-order chi connectivity index (χ1) is 8.66. The van der Waals surface area contributed by atoms with Crippen LogP contribution in [0, 0.1) is 5.92 Å². The van der Waals surface area contributed by atoms with Crippen LogP contribution in [0.3, 0.4) is 0 Å². The van der Waals surface area contributed by atoms with Gasteiger partial charge in [0.2, 0.25) is 0 Å². The van der Waals surface area contributed by atoms with Crippen molar-refractivity contribution >= 4 is 5.97 Å². The van der Waals surface area contributed by atoms with E-state index in [2.05, 4.69) is 0 Å². The topological polar surface area (TPSA) is 61.5 Å². The summed E-state index contributed by atoms with van der Waals surface area (Å²) in [4.78, 5) is 10.9. The number of benzene rings is 1. The van der Waals surface area contributed by atoms with Crippen molar-refractivity contribution in [2.24, 2.45) is 11.7 Å². The Morgan fingerprint density at radius 3 is 2.83 bits per heavy atom. The normalized spacial score (nSPS) is 18.3. The molecule has 4 nitrogen and oxygen atoms in total. The van der Waals surface area contributed by atoms with Crippen molar-refractivity contribution in [3.8, 4) is 5.75 Å². The first-order valence-corrected chi connectivity index (χ1v) is 6.28. The molecule has 1 atom stereocenters. The fourth-order valence-corrected chi connectivity index (χ4v) is 2.30. The van der Waals surface area contributed by atoms with E-state index in [0.29, 0.717) is 11.7 Å². The van der Waals surface area contributed by atoms with Gasteiger partial charge in [0.05, 0.1) is 0 Å². The van der Waals surface area contributed by atoms with Crippen LogP contribution in [0.25, 0.3) is 0 Å². The molecule has 0 amide bonds. The van der Waals surface area contributed by atoms with E-state index < -0.39 is 0 Å². The van der Waals surface area contributed by atoms with Crippen LogP contribution < -0.4 is 10.5 Å². The van der Waals surface area contributed by atoms with Crippen molar-refractivity contribution in [3.63, 3.8) is 0 Å². The number of carbonyl (C=O) groups is 1. The minimum absolute atomic E-state index is 0.0237. The number of nitrogens with two attached hydrogens (primary N) is 1. The van der Waals surface area contributed by atoms with Crippen molar-refractivity contribution in [3.05, 3.63) is 29.8 Å². The maximum absolute atomic E-state index is 10.9. The third-order valence-corrected chi connectivity index (χ3v) is 3.28. The van der Waals surface area contributed by atoms with E-state index in [1.807, 2.05) is 18.2 Å². The Hall–Kier alpha value is -1.39. The highest BCUT2D eigenvalue weighted by Gasteiger charge is 2.22. The zero-order valence-electron chi connectivity index (χ0n) is 10.6. The zero-order valence-corrected chi connectivity index (χ0v) is 10.6. The fraction of sp³-hybridized carbons (Fsp3) is 0.500. The number of ether oxygens (including phenoxy) is 2. The van der Waals surface area contributed by atoms with E-state index in [9.17, 15) is 4.79 Å². The summed E-state index contributed by atoms with van der Waals surface area (Å²) in [6.07, 6.45) is 1.97. The second-order valence-corrected chi connectivity index (χ2v) is 4.64. The van der Waals surface area contributed by atoms with Gasteiger partial charge in [0.15, 0.2) is 0 Å². The van der Waals surface area contributed by atoms with Gasteiger partial charge >= 0.3 is 5.97 Å². The molecule has 1 saturated heterocycles. The molecule has 1 fully saturated rings. The van der Waals surface area contributed by atoms with Crippen LogP contribution >= 0.6 is 0 Å². The number of esters is 1. The van der Waals surface area contributed by atoms with Crippen LogP contribution in [0.15, 0.2) is 24.3 Å². The van der Waals surface area contributed by atoms with Gasteiger partial charge in [-0.05, 0) is 36.5 Å². The zero-order chi connectivity index (χ0) is 13.0. The molecule has 0 aliphatic carbocycles. The quantitative estimate of drug-likeness (QED) is 0.657. The van der Waals surface area contributed by atoms with Gasteiger partial charge < -0.3 is 15.2 Å². The maximum Gasteiger partial charge on any atom is 0.308 e. The molecule has 0 unspecified atom stereocenters. The van der Waals surface area contributed by atoms with Gasteiger partial charge in [-0.1, -0.05) is 12.1 Å². The van der Waals surface area contributed by atoms with Crippen molar-refractivity contribution < 1.29 is 14.3 Å². The van der Waals surface area contributed by atoms with Crippen LogP contribution in [0.5, 0.6) is 5.75 Å². The molecule has 4 heteroatoms. The van der Waals surface area contributed by atoms with Gasteiger partial charge in [0.25, 0.3) is 0 Å². The lowest BCUT2D eigenvalue weighted by atomic mass is 9.88. The molecule has 0 aromatic heterocycles. The molecule has 0 bridgehead atoms. The summed E-state index contributed by atoms with van der Waals surface area (Å²) in [5, 5.41) is 0. The first kappa shape index (κ1) is 13.1. The molecular formula is C14H19NO3. The van der Waals surface area contributed by atoms with Gasteiger partial charge in [-0.3, -0.25) is 4.79 Å². The summed E-state index contributed by atoms with van der Waals surface area (Å²) in [7, 11) is 0. The Balaban J connectivity index is 2.09. The summed E-state index contributed by atoms with van der Waals surface area (Å²) < 4.78 is 10.4. The van der Waals surface area contributed by atoms with E-state index in [1.54, 1.807) is 6.07 Å². The van der Waals surface area contributed by atoms with E-state index in [4.69, 9.17) is 15.2 Å². The molecule has 2 rings (SSSR count). The molecule has 0 spiro atoms. The van der Waals surface area contributed by atoms with Gasteiger partial charge in [0, 0.05) is 26.2 Å². The van der Waals surface area contributed by atoms with E-state index in [0.717, 1.165) is 31.6 Å². The molecular weight excluding hydrogens is 230 g/mol. The molecule has 1 aliphatic heterocycles. The lowest BCUT2D eigenvalue weighted by molar-refractivity contribution is -0.131. The van der Waals surface area contributed by atoms with E-state index in [-0.39, 0.29) is 12.0 Å². The monoisotopic (exact) mass is 249 g/mol. The third kappa shape index (κ3) is 3.31. The van der Waals surface area contributed by atoms with Gasteiger partial charge in [-0.2, -0.15) is 0 Å².